The van der Waals surface area contributed by atoms with Gasteiger partial charge in [0, 0.05) is 4.90 Å². The van der Waals surface area contributed by atoms with E-state index in [0.29, 0.717) is 13.2 Å². The molecule has 1 aliphatic rings. The molecule has 0 aliphatic carbocycles. The summed E-state index contributed by atoms with van der Waals surface area (Å²) in [5.74, 6) is 0.196. The standard InChI is InChI=1S/C31H34O3S/c1-24(21-25(2)35-28-17-10-5-11-18-28)30(34-23-27-15-8-4-9-16-27)31-29(19-12-20-32-31)33-22-26-13-6-3-7-14-26/h3-18,20,24,29-31H,2,19,21-23H2,1H3/t24-,29-,30-,31-/m0/s1. The summed E-state index contributed by atoms with van der Waals surface area (Å²) < 4.78 is 19.1. The van der Waals surface area contributed by atoms with Crippen LogP contribution in [-0.2, 0) is 27.4 Å². The first-order valence-corrected chi connectivity index (χ1v) is 13.0. The van der Waals surface area contributed by atoms with Crippen molar-refractivity contribution in [3.05, 3.63) is 126 Å². The summed E-state index contributed by atoms with van der Waals surface area (Å²) in [7, 11) is 0. The second-order valence-electron chi connectivity index (χ2n) is 8.94. The van der Waals surface area contributed by atoms with Crippen LogP contribution in [0.2, 0.25) is 0 Å². The third kappa shape index (κ3) is 7.86. The SMILES string of the molecule is C=C(C[C@H](C)[C@H](OCc1ccccc1)[C@H]1OC=CC[C@@H]1OCc1ccccc1)Sc1ccccc1. The fraction of sp³-hybridized carbons (Fsp3) is 0.290. The topological polar surface area (TPSA) is 27.7 Å². The van der Waals surface area contributed by atoms with Crippen molar-refractivity contribution >= 4 is 11.8 Å². The van der Waals surface area contributed by atoms with Crippen LogP contribution in [0.5, 0.6) is 0 Å². The van der Waals surface area contributed by atoms with Gasteiger partial charge in [-0.25, -0.2) is 0 Å². The summed E-state index contributed by atoms with van der Waals surface area (Å²) in [5, 5.41) is 0. The van der Waals surface area contributed by atoms with Crippen molar-refractivity contribution in [1.82, 2.24) is 0 Å². The lowest BCUT2D eigenvalue weighted by atomic mass is 9.91. The Morgan fingerprint density at radius 3 is 2.17 bits per heavy atom. The van der Waals surface area contributed by atoms with Gasteiger partial charge in [-0.1, -0.05) is 104 Å². The van der Waals surface area contributed by atoms with E-state index in [-0.39, 0.29) is 24.2 Å². The molecule has 182 valence electrons. The number of benzene rings is 3. The molecular formula is C31H34O3S. The van der Waals surface area contributed by atoms with E-state index in [1.54, 1.807) is 18.0 Å². The predicted molar refractivity (Wildman–Crippen MR) is 144 cm³/mol. The van der Waals surface area contributed by atoms with E-state index >= 15 is 0 Å². The van der Waals surface area contributed by atoms with E-state index in [0.717, 1.165) is 28.9 Å². The van der Waals surface area contributed by atoms with Gasteiger partial charge in [0.2, 0.25) is 0 Å². The van der Waals surface area contributed by atoms with Gasteiger partial charge in [0.05, 0.1) is 19.5 Å². The van der Waals surface area contributed by atoms with Gasteiger partial charge in [0.1, 0.15) is 12.2 Å². The molecular weight excluding hydrogens is 452 g/mol. The molecule has 4 rings (SSSR count). The van der Waals surface area contributed by atoms with Crippen molar-refractivity contribution in [1.29, 1.82) is 0 Å². The summed E-state index contributed by atoms with van der Waals surface area (Å²) in [6.45, 7) is 7.66. The van der Waals surface area contributed by atoms with E-state index < -0.39 is 0 Å². The first-order chi connectivity index (χ1) is 17.2. The molecule has 0 N–H and O–H groups in total. The summed E-state index contributed by atoms with van der Waals surface area (Å²) in [5.41, 5.74) is 2.30. The van der Waals surface area contributed by atoms with Crippen LogP contribution in [0.25, 0.3) is 0 Å². The zero-order valence-electron chi connectivity index (χ0n) is 20.3. The minimum absolute atomic E-state index is 0.0847. The van der Waals surface area contributed by atoms with Gasteiger partial charge < -0.3 is 14.2 Å². The molecule has 4 atom stereocenters. The van der Waals surface area contributed by atoms with Gasteiger partial charge in [0.15, 0.2) is 6.10 Å². The van der Waals surface area contributed by atoms with Crippen LogP contribution in [-0.4, -0.2) is 18.3 Å². The summed E-state index contributed by atoms with van der Waals surface area (Å²) in [6, 6.07) is 31.0. The maximum Gasteiger partial charge on any atom is 0.150 e. The van der Waals surface area contributed by atoms with E-state index in [4.69, 9.17) is 14.2 Å². The lowest BCUT2D eigenvalue weighted by molar-refractivity contribution is -0.144. The van der Waals surface area contributed by atoms with Crippen LogP contribution in [0.15, 0.2) is 120 Å². The molecule has 0 aromatic heterocycles. The van der Waals surface area contributed by atoms with E-state index in [9.17, 15) is 0 Å². The maximum absolute atomic E-state index is 6.57. The second kappa shape index (κ2) is 13.3. The molecule has 4 heteroatoms. The Labute approximate surface area is 213 Å². The van der Waals surface area contributed by atoms with Crippen molar-refractivity contribution in [3.63, 3.8) is 0 Å². The van der Waals surface area contributed by atoms with E-state index in [1.807, 2.05) is 48.5 Å². The van der Waals surface area contributed by atoms with Crippen molar-refractivity contribution in [2.75, 3.05) is 0 Å². The van der Waals surface area contributed by atoms with Crippen molar-refractivity contribution in [2.24, 2.45) is 5.92 Å². The van der Waals surface area contributed by atoms with Gasteiger partial charge in [0.25, 0.3) is 0 Å². The normalized spacial score (nSPS) is 19.0. The Bertz CT molecular complexity index is 1050. The fourth-order valence-corrected chi connectivity index (χ4v) is 5.28. The minimum Gasteiger partial charge on any atom is -0.493 e. The summed E-state index contributed by atoms with van der Waals surface area (Å²) >= 11 is 1.72. The highest BCUT2D eigenvalue weighted by Gasteiger charge is 2.37. The molecule has 0 bridgehead atoms. The second-order valence-corrected chi connectivity index (χ2v) is 10.2. The Hall–Kier alpha value is -2.79. The van der Waals surface area contributed by atoms with Crippen LogP contribution >= 0.6 is 11.8 Å². The zero-order chi connectivity index (χ0) is 24.3. The molecule has 3 aromatic rings. The first-order valence-electron chi connectivity index (χ1n) is 12.2. The van der Waals surface area contributed by atoms with E-state index in [2.05, 4.69) is 62.0 Å². The van der Waals surface area contributed by atoms with Crippen molar-refractivity contribution < 1.29 is 14.2 Å². The molecule has 0 fully saturated rings. The van der Waals surface area contributed by atoms with Crippen LogP contribution in [0.4, 0.5) is 0 Å². The molecule has 0 spiro atoms. The predicted octanol–water partition coefficient (Wildman–Crippen LogP) is 7.79. The van der Waals surface area contributed by atoms with Crippen molar-refractivity contribution in [3.8, 4) is 0 Å². The van der Waals surface area contributed by atoms with Crippen LogP contribution in [0.3, 0.4) is 0 Å². The molecule has 1 heterocycles. The zero-order valence-corrected chi connectivity index (χ0v) is 21.1. The molecule has 0 saturated carbocycles. The third-order valence-electron chi connectivity index (χ3n) is 6.10. The molecule has 3 nitrogen and oxygen atoms in total. The average Bonchev–Trinajstić information content (AvgIpc) is 2.90. The lowest BCUT2D eigenvalue weighted by Gasteiger charge is -2.37. The van der Waals surface area contributed by atoms with Crippen LogP contribution < -0.4 is 0 Å². The number of ether oxygens (including phenoxy) is 3. The van der Waals surface area contributed by atoms with Gasteiger partial charge in [-0.15, -0.1) is 0 Å². The monoisotopic (exact) mass is 486 g/mol. The average molecular weight is 487 g/mol. The molecule has 0 radical (unpaired) electrons. The molecule has 3 aromatic carbocycles. The summed E-state index contributed by atoms with van der Waals surface area (Å²) in [6.07, 6.45) is 5.04. The quantitative estimate of drug-likeness (QED) is 0.244. The van der Waals surface area contributed by atoms with E-state index in [1.165, 1.54) is 4.90 Å². The van der Waals surface area contributed by atoms with Gasteiger partial charge in [-0.05, 0) is 53.0 Å². The Kier molecular flexibility index (Phi) is 9.64. The molecule has 0 unspecified atom stereocenters. The number of hydrogen-bond donors (Lipinski definition) is 0. The first kappa shape index (κ1) is 25.3. The van der Waals surface area contributed by atoms with Gasteiger partial charge >= 0.3 is 0 Å². The Morgan fingerprint density at radius 2 is 1.51 bits per heavy atom. The third-order valence-corrected chi connectivity index (χ3v) is 7.06. The Morgan fingerprint density at radius 1 is 0.914 bits per heavy atom. The minimum atomic E-state index is -0.197. The van der Waals surface area contributed by atoms with Crippen LogP contribution in [0.1, 0.15) is 30.9 Å². The van der Waals surface area contributed by atoms with Gasteiger partial charge in [-0.2, -0.15) is 0 Å². The Balaban J connectivity index is 1.46. The molecule has 35 heavy (non-hydrogen) atoms. The number of hydrogen-bond acceptors (Lipinski definition) is 4. The molecule has 1 aliphatic heterocycles. The van der Waals surface area contributed by atoms with Crippen molar-refractivity contribution in [2.45, 2.75) is 56.2 Å². The summed E-state index contributed by atoms with van der Waals surface area (Å²) in [4.78, 5) is 2.32. The maximum atomic E-state index is 6.57. The highest BCUT2D eigenvalue weighted by molar-refractivity contribution is 8.03. The highest BCUT2D eigenvalue weighted by atomic mass is 32.2. The number of rotatable bonds is 12. The fourth-order valence-electron chi connectivity index (χ4n) is 4.31. The van der Waals surface area contributed by atoms with Crippen LogP contribution in [0, 0.1) is 5.92 Å². The largest absolute Gasteiger partial charge is 0.493 e. The molecule has 0 amide bonds. The number of allylic oxidation sites excluding steroid dienone is 1. The number of thioether (sulfide) groups is 1. The van der Waals surface area contributed by atoms with Gasteiger partial charge in [-0.3, -0.25) is 0 Å². The smallest absolute Gasteiger partial charge is 0.150 e. The highest BCUT2D eigenvalue weighted by Crippen LogP contribution is 2.34. The lowest BCUT2D eigenvalue weighted by Crippen LogP contribution is -2.46. The molecule has 0 saturated heterocycles.